The fourth-order valence-corrected chi connectivity index (χ4v) is 5.06. The summed E-state index contributed by atoms with van der Waals surface area (Å²) >= 11 is 1.10. The summed E-state index contributed by atoms with van der Waals surface area (Å²) < 4.78 is 25.7. The molecule has 0 spiro atoms. The maximum Gasteiger partial charge on any atom is 0.338 e. The second-order valence-electron chi connectivity index (χ2n) is 8.05. The first-order valence-electron chi connectivity index (χ1n) is 10.9. The summed E-state index contributed by atoms with van der Waals surface area (Å²) in [6.07, 6.45) is -0.726. The molecule has 3 aliphatic rings. The van der Waals surface area contributed by atoms with Gasteiger partial charge >= 0.3 is 12.0 Å². The lowest BCUT2D eigenvalue weighted by Crippen LogP contribution is -2.63. The molecule has 0 unspecified atom stereocenters. The number of nitrogens with zero attached hydrogens (tertiary/aromatic N) is 4. The molecule has 36 heavy (non-hydrogen) atoms. The predicted molar refractivity (Wildman–Crippen MR) is 127 cm³/mol. The monoisotopic (exact) mass is 514 g/mol. The fourth-order valence-electron chi connectivity index (χ4n) is 4.18. The van der Waals surface area contributed by atoms with Crippen LogP contribution in [0.3, 0.4) is 0 Å². The van der Waals surface area contributed by atoms with Crippen molar-refractivity contribution in [2.75, 3.05) is 26.5 Å². The van der Waals surface area contributed by atoms with Crippen LogP contribution in [-0.2, 0) is 19.1 Å². The highest BCUT2D eigenvalue weighted by molar-refractivity contribution is 8.14. The van der Waals surface area contributed by atoms with Crippen LogP contribution >= 0.6 is 11.8 Å². The van der Waals surface area contributed by atoms with Crippen LogP contribution in [-0.4, -0.2) is 71.5 Å². The number of rotatable bonds is 5. The molecule has 3 amide bonds. The third-order valence-electron chi connectivity index (χ3n) is 5.96. The van der Waals surface area contributed by atoms with E-state index in [0.717, 1.165) is 16.7 Å². The average molecular weight is 515 g/mol. The number of likely N-dealkylation sites (N-methyl/N-ethyl adjacent to an activating group) is 2. The highest BCUT2D eigenvalue weighted by atomic mass is 32.2. The van der Waals surface area contributed by atoms with Crippen molar-refractivity contribution in [3.05, 3.63) is 58.4 Å². The summed E-state index contributed by atoms with van der Waals surface area (Å²) in [5, 5.41) is 13.1. The number of ether oxygens (including phenoxy) is 2. The summed E-state index contributed by atoms with van der Waals surface area (Å²) in [7, 11) is 2.93. The molecule has 1 saturated heterocycles. The van der Waals surface area contributed by atoms with E-state index in [0.29, 0.717) is 5.17 Å². The van der Waals surface area contributed by atoms with Gasteiger partial charge in [0.2, 0.25) is 5.88 Å². The van der Waals surface area contributed by atoms with Crippen molar-refractivity contribution in [3.8, 4) is 6.07 Å². The van der Waals surface area contributed by atoms with Crippen molar-refractivity contribution in [3.63, 3.8) is 0 Å². The van der Waals surface area contributed by atoms with E-state index in [2.05, 4.69) is 10.3 Å². The number of amidine groups is 1. The largest absolute Gasteiger partial charge is 0.463 e. The van der Waals surface area contributed by atoms with Gasteiger partial charge < -0.3 is 25.4 Å². The van der Waals surface area contributed by atoms with Gasteiger partial charge in [-0.25, -0.2) is 19.0 Å². The lowest BCUT2D eigenvalue weighted by atomic mass is 9.83. The fraction of sp³-hybridized carbons (Fsp3) is 0.348. The Bertz CT molecular complexity index is 1270. The zero-order valence-electron chi connectivity index (χ0n) is 19.6. The number of hydrogen-bond donors (Lipinski definition) is 2. The summed E-state index contributed by atoms with van der Waals surface area (Å²) in [6, 6.07) is 6.45. The Labute approximate surface area is 210 Å². The van der Waals surface area contributed by atoms with E-state index < -0.39 is 41.9 Å². The number of aliphatic imine (C=N–C) groups is 1. The Balaban J connectivity index is 1.68. The number of thioether (sulfide) groups is 1. The van der Waals surface area contributed by atoms with E-state index in [1.165, 1.54) is 30.1 Å². The number of hydrogen-bond acceptors (Lipinski definition) is 10. The van der Waals surface area contributed by atoms with Crippen molar-refractivity contribution in [1.82, 2.24) is 15.1 Å². The first-order valence-corrected chi connectivity index (χ1v) is 11.9. The van der Waals surface area contributed by atoms with E-state index in [4.69, 9.17) is 15.2 Å². The Morgan fingerprint density at radius 3 is 2.75 bits per heavy atom. The molecule has 0 bridgehead atoms. The maximum absolute atomic E-state index is 14.8. The Hall–Kier alpha value is -4.05. The van der Waals surface area contributed by atoms with E-state index in [-0.39, 0.29) is 40.7 Å². The molecule has 0 radical (unpaired) electrons. The van der Waals surface area contributed by atoms with E-state index >= 15 is 0 Å². The highest BCUT2D eigenvalue weighted by Crippen LogP contribution is 2.41. The molecule has 13 heteroatoms. The molecule has 3 atom stereocenters. The van der Waals surface area contributed by atoms with E-state index in [1.54, 1.807) is 20.0 Å². The van der Waals surface area contributed by atoms with Gasteiger partial charge in [-0.1, -0.05) is 30.0 Å². The number of nitrogens with one attached hydrogen (secondary N) is 1. The number of esters is 1. The van der Waals surface area contributed by atoms with Gasteiger partial charge in [0.25, 0.3) is 5.91 Å². The number of benzene rings is 1. The zero-order chi connectivity index (χ0) is 26.1. The number of carbonyl (C=O) groups is 3. The maximum atomic E-state index is 14.8. The number of urea groups is 1. The number of amides is 3. The molecule has 0 aromatic heterocycles. The Morgan fingerprint density at radius 2 is 2.08 bits per heavy atom. The quantitative estimate of drug-likeness (QED) is 0.555. The normalized spacial score (nSPS) is 23.6. The molecule has 3 heterocycles. The van der Waals surface area contributed by atoms with Crippen LogP contribution < -0.4 is 11.1 Å². The Morgan fingerprint density at radius 1 is 1.36 bits per heavy atom. The number of fused-ring (bicyclic) bond motifs is 1. The van der Waals surface area contributed by atoms with E-state index in [1.807, 2.05) is 6.07 Å². The topological polar surface area (TPSA) is 150 Å². The van der Waals surface area contributed by atoms with Gasteiger partial charge in [-0.3, -0.25) is 9.69 Å². The number of allylic oxidation sites excluding steroid dienone is 1. The number of carbonyl (C=O) groups excluding carboxylic acids is 3. The summed E-state index contributed by atoms with van der Waals surface area (Å²) in [5.74, 6) is -3.17. The molecule has 4 rings (SSSR count). The number of nitriles is 1. The molecule has 188 valence electrons. The predicted octanol–water partition coefficient (Wildman–Crippen LogP) is 1.36. The molecule has 0 aliphatic carbocycles. The number of halogens is 1. The van der Waals surface area contributed by atoms with Gasteiger partial charge in [-0.2, -0.15) is 5.26 Å². The van der Waals surface area contributed by atoms with Crippen molar-refractivity contribution >= 4 is 34.8 Å². The minimum absolute atomic E-state index is 0.00846. The minimum Gasteiger partial charge on any atom is -0.463 e. The van der Waals surface area contributed by atoms with Crippen LogP contribution in [0.15, 0.2) is 52.0 Å². The standard InChI is InChI=1S/C23H23FN6O5S/c1-4-34-21(32)16-14(35-18(26)12(9-25)15(16)11-7-5-6-8-13(11)24)10-36-22-27-17-19(28-22)29(2)23(33)30(3)20(17)31/h5-8,15,17,19H,4,10,26H2,1-3H3,(H,27,28)/t15-,17-,19-/m1/s1. The first kappa shape index (κ1) is 25.1. The van der Waals surface area contributed by atoms with Crippen molar-refractivity contribution < 1.29 is 28.2 Å². The number of nitrogens with two attached hydrogens (primary N) is 1. The van der Waals surface area contributed by atoms with E-state index in [9.17, 15) is 24.0 Å². The molecule has 1 aromatic carbocycles. The Kier molecular flexibility index (Phi) is 6.89. The SMILES string of the molecule is CCOC(=O)C1=C(CSC2=N[C@H]3[C@@H](N2)C(=O)N(C)C(=O)N3C)OC(N)=C(C#N)[C@H]1c1ccccc1F. The van der Waals surface area contributed by atoms with Gasteiger partial charge in [0.05, 0.1) is 23.9 Å². The minimum atomic E-state index is -1.14. The molecular weight excluding hydrogens is 491 g/mol. The lowest BCUT2D eigenvalue weighted by Gasteiger charge is -2.36. The van der Waals surface area contributed by atoms with Crippen molar-refractivity contribution in [2.24, 2.45) is 10.7 Å². The molecule has 3 aliphatic heterocycles. The van der Waals surface area contributed by atoms with Crippen LogP contribution in [0.5, 0.6) is 0 Å². The van der Waals surface area contributed by atoms with Crippen LogP contribution in [0.4, 0.5) is 9.18 Å². The van der Waals surface area contributed by atoms with Gasteiger partial charge in [0.15, 0.2) is 11.3 Å². The van der Waals surface area contributed by atoms with Crippen LogP contribution in [0.25, 0.3) is 0 Å². The molecule has 3 N–H and O–H groups in total. The zero-order valence-corrected chi connectivity index (χ0v) is 20.5. The molecular formula is C23H23FN6O5S. The van der Waals surface area contributed by atoms with Crippen LogP contribution in [0.1, 0.15) is 18.4 Å². The van der Waals surface area contributed by atoms with Gasteiger partial charge in [-0.05, 0) is 13.0 Å². The lowest BCUT2D eigenvalue weighted by molar-refractivity contribution is -0.139. The van der Waals surface area contributed by atoms with Crippen LogP contribution in [0.2, 0.25) is 0 Å². The first-order chi connectivity index (χ1) is 17.2. The smallest absolute Gasteiger partial charge is 0.338 e. The second-order valence-corrected chi connectivity index (χ2v) is 9.02. The highest BCUT2D eigenvalue weighted by Gasteiger charge is 2.47. The molecule has 1 fully saturated rings. The molecule has 11 nitrogen and oxygen atoms in total. The third kappa shape index (κ3) is 4.24. The third-order valence-corrected chi connectivity index (χ3v) is 6.86. The summed E-state index contributed by atoms with van der Waals surface area (Å²) in [5.41, 5.74) is 5.91. The van der Waals surface area contributed by atoms with Gasteiger partial charge in [-0.15, -0.1) is 0 Å². The second kappa shape index (κ2) is 9.90. The molecule has 1 aromatic rings. The van der Waals surface area contributed by atoms with Gasteiger partial charge in [0.1, 0.15) is 29.3 Å². The average Bonchev–Trinajstić information content (AvgIpc) is 3.29. The molecule has 0 saturated carbocycles. The summed E-state index contributed by atoms with van der Waals surface area (Å²) in [4.78, 5) is 44.6. The summed E-state index contributed by atoms with van der Waals surface area (Å²) in [6.45, 7) is 1.66. The number of imide groups is 1. The van der Waals surface area contributed by atoms with Crippen molar-refractivity contribution in [2.45, 2.75) is 25.0 Å². The van der Waals surface area contributed by atoms with Gasteiger partial charge in [0, 0.05) is 19.7 Å². The van der Waals surface area contributed by atoms with Crippen molar-refractivity contribution in [1.29, 1.82) is 5.26 Å². The van der Waals surface area contributed by atoms with Crippen LogP contribution in [0, 0.1) is 17.1 Å².